The zero-order valence-corrected chi connectivity index (χ0v) is 18.1. The van der Waals surface area contributed by atoms with Crippen molar-refractivity contribution in [2.24, 2.45) is 10.2 Å². The third-order valence-corrected chi connectivity index (χ3v) is 5.50. The lowest BCUT2D eigenvalue weighted by Gasteiger charge is -2.12. The first-order chi connectivity index (χ1) is 14.1. The van der Waals surface area contributed by atoms with Crippen LogP contribution in [-0.4, -0.2) is 27.8 Å². The van der Waals surface area contributed by atoms with E-state index in [2.05, 4.69) is 10.2 Å². The van der Waals surface area contributed by atoms with Gasteiger partial charge in [-0.1, -0.05) is 37.1 Å². The minimum absolute atomic E-state index is 0. The maximum absolute atomic E-state index is 12.9. The van der Waals surface area contributed by atoms with Gasteiger partial charge >= 0.3 is 0 Å². The van der Waals surface area contributed by atoms with Crippen LogP contribution in [0, 0.1) is 0 Å². The predicted molar refractivity (Wildman–Crippen MR) is 117 cm³/mol. The Hall–Kier alpha value is -2.99. The lowest BCUT2D eigenvalue weighted by Crippen LogP contribution is -2.20. The van der Waals surface area contributed by atoms with Gasteiger partial charge in [-0.15, -0.1) is 10.2 Å². The van der Waals surface area contributed by atoms with Gasteiger partial charge in [-0.25, -0.2) is 0 Å². The van der Waals surface area contributed by atoms with E-state index in [9.17, 15) is 28.0 Å². The number of azo groups is 1. The minimum atomic E-state index is -4.77. The van der Waals surface area contributed by atoms with Crippen molar-refractivity contribution in [2.45, 2.75) is 31.2 Å². The molecule has 10 nitrogen and oxygen atoms in total. The number of unbranched alkanes of at least 4 members (excludes halogenated alkanes) is 1. The number of para-hydroxylation sites is 1. The topological polar surface area (TPSA) is 177 Å². The Labute approximate surface area is 182 Å². The van der Waals surface area contributed by atoms with Crippen LogP contribution in [0.15, 0.2) is 56.3 Å². The van der Waals surface area contributed by atoms with Crippen LogP contribution >= 0.6 is 11.6 Å². The Balaban J connectivity index is 0.00000341. The van der Waals surface area contributed by atoms with Crippen molar-refractivity contribution in [3.63, 3.8) is 0 Å². The zero-order valence-electron chi connectivity index (χ0n) is 16.5. The van der Waals surface area contributed by atoms with Crippen molar-refractivity contribution in [2.75, 3.05) is 0 Å². The maximum atomic E-state index is 12.9. The minimum Gasteiger partial charge on any atom is -0.505 e. The molecule has 1 heterocycles. The summed E-state index contributed by atoms with van der Waals surface area (Å²) < 4.78 is 33.5. The van der Waals surface area contributed by atoms with Gasteiger partial charge in [0.2, 0.25) is 0 Å². The standard InChI is InChI=1S/C19H18ClN3O6S.H3N/c1-2-3-8-23-14-7-5-4-6-12(14)17(24)16(19(23)26)22-21-13-9-11(20)10-15(18(13)25)30(27,28)29;/h4-7,9-10,24-25H,2-3,8H2,1H3,(H,27,28,29);1H3. The Bertz CT molecular complexity index is 1320. The Morgan fingerprint density at radius 1 is 1.10 bits per heavy atom. The molecule has 0 bridgehead atoms. The second kappa shape index (κ2) is 9.43. The van der Waals surface area contributed by atoms with Crippen LogP contribution < -0.4 is 11.7 Å². The second-order valence-corrected chi connectivity index (χ2v) is 8.30. The molecular weight excluding hydrogens is 448 g/mol. The van der Waals surface area contributed by atoms with Crippen LogP contribution in [0.3, 0.4) is 0 Å². The third kappa shape index (κ3) is 4.85. The highest BCUT2D eigenvalue weighted by atomic mass is 35.5. The van der Waals surface area contributed by atoms with Gasteiger partial charge in [-0.2, -0.15) is 8.42 Å². The lowest BCUT2D eigenvalue weighted by atomic mass is 10.1. The van der Waals surface area contributed by atoms with E-state index in [1.807, 2.05) is 6.92 Å². The summed E-state index contributed by atoms with van der Waals surface area (Å²) >= 11 is 5.83. The molecule has 0 saturated heterocycles. The number of fused-ring (bicyclic) bond motifs is 1. The predicted octanol–water partition coefficient (Wildman–Crippen LogP) is 4.69. The summed E-state index contributed by atoms with van der Waals surface area (Å²) in [7, 11) is -4.77. The molecule has 6 N–H and O–H groups in total. The maximum Gasteiger partial charge on any atom is 0.298 e. The van der Waals surface area contributed by atoms with Gasteiger partial charge in [0.15, 0.2) is 17.2 Å². The van der Waals surface area contributed by atoms with E-state index in [-0.39, 0.29) is 16.9 Å². The van der Waals surface area contributed by atoms with Crippen LogP contribution in [0.1, 0.15) is 19.8 Å². The summed E-state index contributed by atoms with van der Waals surface area (Å²) in [5, 5.41) is 28.4. The summed E-state index contributed by atoms with van der Waals surface area (Å²) in [6.07, 6.45) is 1.56. The highest BCUT2D eigenvalue weighted by molar-refractivity contribution is 7.86. The fraction of sp³-hybridized carbons (Fsp3) is 0.211. The van der Waals surface area contributed by atoms with Crippen molar-refractivity contribution in [3.8, 4) is 11.5 Å². The molecule has 0 atom stereocenters. The number of pyridine rings is 1. The highest BCUT2D eigenvalue weighted by Gasteiger charge is 2.21. The summed E-state index contributed by atoms with van der Waals surface area (Å²) in [6.45, 7) is 2.37. The van der Waals surface area contributed by atoms with Gasteiger partial charge in [0.1, 0.15) is 10.6 Å². The van der Waals surface area contributed by atoms with Crippen LogP contribution in [0.2, 0.25) is 5.02 Å². The SMILES string of the molecule is CCCCn1c(=O)c(N=Nc2cc(Cl)cc(S(=O)(=O)O)c2O)c(O)c2ccccc21.N. The number of aromatic nitrogens is 1. The van der Waals surface area contributed by atoms with Gasteiger partial charge in [-0.05, 0) is 30.7 Å². The number of hydrogen-bond acceptors (Lipinski definition) is 8. The van der Waals surface area contributed by atoms with Gasteiger partial charge in [-0.3, -0.25) is 9.35 Å². The molecule has 3 rings (SSSR count). The smallest absolute Gasteiger partial charge is 0.298 e. The number of halogens is 1. The van der Waals surface area contributed by atoms with Gasteiger partial charge < -0.3 is 20.9 Å². The second-order valence-electron chi connectivity index (χ2n) is 6.47. The Morgan fingerprint density at radius 3 is 2.42 bits per heavy atom. The van der Waals surface area contributed by atoms with E-state index in [0.29, 0.717) is 17.4 Å². The summed E-state index contributed by atoms with van der Waals surface area (Å²) in [4.78, 5) is 12.1. The number of aryl methyl sites for hydroxylation is 1. The van der Waals surface area contributed by atoms with Gasteiger partial charge in [0.05, 0.1) is 5.52 Å². The molecule has 0 spiro atoms. The molecule has 2 aromatic carbocycles. The molecule has 0 saturated carbocycles. The molecular formula is C19H21ClN4O6S. The molecule has 1 aromatic heterocycles. The monoisotopic (exact) mass is 468 g/mol. The normalized spacial score (nSPS) is 11.7. The quantitative estimate of drug-likeness (QED) is 0.299. The average Bonchev–Trinajstić information content (AvgIpc) is 2.69. The van der Waals surface area contributed by atoms with E-state index in [1.54, 1.807) is 24.3 Å². The number of phenols is 1. The number of phenolic OH excluding ortho intramolecular Hbond substituents is 1. The van der Waals surface area contributed by atoms with Crippen LogP contribution in [-0.2, 0) is 16.7 Å². The molecule has 0 aliphatic heterocycles. The fourth-order valence-corrected chi connectivity index (χ4v) is 3.84. The lowest BCUT2D eigenvalue weighted by molar-refractivity contribution is 0.444. The number of aromatic hydroxyl groups is 2. The van der Waals surface area contributed by atoms with Crippen LogP contribution in [0.5, 0.6) is 11.5 Å². The number of benzene rings is 2. The largest absolute Gasteiger partial charge is 0.505 e. The van der Waals surface area contributed by atoms with Crippen LogP contribution in [0.25, 0.3) is 10.9 Å². The number of nitrogens with zero attached hydrogens (tertiary/aromatic N) is 3. The van der Waals surface area contributed by atoms with E-state index in [1.165, 1.54) is 4.57 Å². The van der Waals surface area contributed by atoms with Gasteiger partial charge in [0, 0.05) is 17.0 Å². The van der Waals surface area contributed by atoms with Crippen molar-refractivity contribution in [1.82, 2.24) is 10.7 Å². The average molecular weight is 469 g/mol. The summed E-state index contributed by atoms with van der Waals surface area (Å²) in [5.41, 5.74) is -0.841. The van der Waals surface area contributed by atoms with Crippen molar-refractivity contribution in [3.05, 3.63) is 51.8 Å². The molecule has 12 heteroatoms. The number of hydrogen-bond donors (Lipinski definition) is 4. The van der Waals surface area contributed by atoms with Crippen molar-refractivity contribution in [1.29, 1.82) is 0 Å². The summed E-state index contributed by atoms with van der Waals surface area (Å²) in [5.74, 6) is -1.29. The first-order valence-corrected chi connectivity index (χ1v) is 10.7. The van der Waals surface area contributed by atoms with Crippen molar-refractivity contribution < 1.29 is 23.2 Å². The first kappa shape index (κ1) is 24.3. The molecule has 0 fully saturated rings. The molecule has 0 radical (unpaired) electrons. The van der Waals surface area contributed by atoms with Crippen molar-refractivity contribution >= 4 is 44.0 Å². The first-order valence-electron chi connectivity index (χ1n) is 8.91. The van der Waals surface area contributed by atoms with E-state index in [0.717, 1.165) is 25.0 Å². The molecule has 0 aliphatic rings. The van der Waals surface area contributed by atoms with E-state index in [4.69, 9.17) is 11.6 Å². The number of rotatable bonds is 6. The molecule has 0 amide bonds. The zero-order chi connectivity index (χ0) is 22.1. The molecule has 0 unspecified atom stereocenters. The molecule has 166 valence electrons. The fourth-order valence-electron chi connectivity index (χ4n) is 2.94. The molecule has 3 aromatic rings. The highest BCUT2D eigenvalue weighted by Crippen LogP contribution is 2.38. The van der Waals surface area contributed by atoms with Gasteiger partial charge in [0.25, 0.3) is 15.7 Å². The molecule has 31 heavy (non-hydrogen) atoms. The van der Waals surface area contributed by atoms with E-state index < -0.39 is 37.8 Å². The molecule has 0 aliphatic carbocycles. The van der Waals surface area contributed by atoms with Crippen LogP contribution in [0.4, 0.5) is 11.4 Å². The summed E-state index contributed by atoms with van der Waals surface area (Å²) in [6, 6.07) is 8.71. The Kier molecular flexibility index (Phi) is 7.39. The van der Waals surface area contributed by atoms with E-state index >= 15 is 0 Å². The third-order valence-electron chi connectivity index (χ3n) is 4.41. The Morgan fingerprint density at radius 2 is 1.77 bits per heavy atom.